The van der Waals surface area contributed by atoms with Crippen molar-refractivity contribution >= 4 is 17.5 Å². The van der Waals surface area contributed by atoms with Crippen LogP contribution in [0.3, 0.4) is 0 Å². The van der Waals surface area contributed by atoms with Crippen LogP contribution in [0.15, 0.2) is 24.3 Å². The van der Waals surface area contributed by atoms with E-state index in [9.17, 15) is 4.79 Å². The first-order chi connectivity index (χ1) is 9.15. The van der Waals surface area contributed by atoms with Crippen molar-refractivity contribution in [3.05, 3.63) is 34.9 Å². The minimum Gasteiger partial charge on any atom is -0.339 e. The number of halogens is 1. The van der Waals surface area contributed by atoms with Crippen LogP contribution in [-0.4, -0.2) is 30.4 Å². The molecule has 3 rings (SSSR count). The van der Waals surface area contributed by atoms with Gasteiger partial charge in [-0.25, -0.2) is 0 Å². The summed E-state index contributed by atoms with van der Waals surface area (Å²) in [5.41, 5.74) is 1.16. The Morgan fingerprint density at radius 2 is 2.26 bits per heavy atom. The molecule has 1 heterocycles. The van der Waals surface area contributed by atoms with Gasteiger partial charge in [-0.2, -0.15) is 0 Å². The number of carbonyl (C=O) groups excluding carboxylic acids is 1. The maximum Gasteiger partial charge on any atom is 0.226 e. The zero-order valence-electron chi connectivity index (χ0n) is 11.1. The van der Waals surface area contributed by atoms with Gasteiger partial charge in [0.2, 0.25) is 5.91 Å². The Morgan fingerprint density at radius 3 is 2.95 bits per heavy atom. The monoisotopic (exact) mass is 278 g/mol. The summed E-state index contributed by atoms with van der Waals surface area (Å²) in [5.74, 6) is 1.19. The molecule has 102 valence electrons. The Morgan fingerprint density at radius 1 is 1.47 bits per heavy atom. The van der Waals surface area contributed by atoms with E-state index in [1.807, 2.05) is 23.1 Å². The van der Waals surface area contributed by atoms with Crippen LogP contribution in [0.25, 0.3) is 0 Å². The number of piperazine rings is 1. The predicted molar refractivity (Wildman–Crippen MR) is 76.0 cm³/mol. The molecule has 1 saturated carbocycles. The summed E-state index contributed by atoms with van der Waals surface area (Å²) < 4.78 is 0. The molecule has 1 N–H and O–H groups in total. The van der Waals surface area contributed by atoms with Crippen molar-refractivity contribution in [2.75, 3.05) is 19.6 Å². The number of benzene rings is 1. The van der Waals surface area contributed by atoms with Gasteiger partial charge in [-0.1, -0.05) is 30.7 Å². The van der Waals surface area contributed by atoms with Gasteiger partial charge in [-0.3, -0.25) is 4.79 Å². The van der Waals surface area contributed by atoms with Gasteiger partial charge in [0, 0.05) is 36.6 Å². The van der Waals surface area contributed by atoms with E-state index in [1.165, 1.54) is 0 Å². The van der Waals surface area contributed by atoms with E-state index in [-0.39, 0.29) is 12.0 Å². The first kappa shape index (κ1) is 12.9. The molecule has 4 heteroatoms. The normalized spacial score (nSPS) is 30.2. The third-order valence-corrected chi connectivity index (χ3v) is 4.40. The van der Waals surface area contributed by atoms with Gasteiger partial charge in [0.15, 0.2) is 0 Å². The van der Waals surface area contributed by atoms with Crippen LogP contribution in [0.5, 0.6) is 0 Å². The molecule has 3 nitrogen and oxygen atoms in total. The quantitative estimate of drug-likeness (QED) is 0.901. The number of rotatable bonds is 2. The molecular weight excluding hydrogens is 260 g/mol. The molecule has 0 bridgehead atoms. The minimum atomic E-state index is 0.199. The standard InChI is InChI=1S/C15H19ClN2O/c1-10-7-13(10)15(19)18-6-5-17-14(9-18)11-3-2-4-12(16)8-11/h2-4,8,10,13-14,17H,5-7,9H2,1H3/t10-,13+,14+/m1/s1. The van der Waals surface area contributed by atoms with Crippen LogP contribution >= 0.6 is 11.6 Å². The molecule has 3 atom stereocenters. The molecular formula is C15H19ClN2O. The summed E-state index contributed by atoms with van der Waals surface area (Å²) in [6.45, 7) is 4.57. The van der Waals surface area contributed by atoms with E-state index in [4.69, 9.17) is 11.6 Å². The molecule has 0 spiro atoms. The van der Waals surface area contributed by atoms with E-state index in [0.29, 0.717) is 11.8 Å². The summed E-state index contributed by atoms with van der Waals surface area (Å²) in [7, 11) is 0. The fourth-order valence-electron chi connectivity index (χ4n) is 2.80. The Balaban J connectivity index is 1.69. The van der Waals surface area contributed by atoms with Crippen LogP contribution in [0, 0.1) is 11.8 Å². The van der Waals surface area contributed by atoms with E-state index in [0.717, 1.165) is 36.6 Å². The van der Waals surface area contributed by atoms with Gasteiger partial charge in [-0.15, -0.1) is 0 Å². The lowest BCUT2D eigenvalue weighted by Gasteiger charge is -2.34. The van der Waals surface area contributed by atoms with Crippen molar-refractivity contribution in [3.8, 4) is 0 Å². The maximum absolute atomic E-state index is 12.3. The maximum atomic E-state index is 12.3. The lowest BCUT2D eigenvalue weighted by Crippen LogP contribution is -2.48. The highest BCUT2D eigenvalue weighted by Crippen LogP contribution is 2.39. The molecule has 0 aromatic heterocycles. The summed E-state index contributed by atoms with van der Waals surface area (Å²) in [4.78, 5) is 14.3. The largest absolute Gasteiger partial charge is 0.339 e. The molecule has 1 aliphatic heterocycles. The van der Waals surface area contributed by atoms with Crippen LogP contribution in [0.4, 0.5) is 0 Å². The average molecular weight is 279 g/mol. The molecule has 19 heavy (non-hydrogen) atoms. The fraction of sp³-hybridized carbons (Fsp3) is 0.533. The van der Waals surface area contributed by atoms with Crippen molar-refractivity contribution in [3.63, 3.8) is 0 Å². The van der Waals surface area contributed by atoms with Gasteiger partial charge in [0.05, 0.1) is 0 Å². The van der Waals surface area contributed by atoms with Crippen molar-refractivity contribution < 1.29 is 4.79 Å². The first-order valence-corrected chi connectivity index (χ1v) is 7.30. The van der Waals surface area contributed by atoms with Gasteiger partial charge in [-0.05, 0) is 30.0 Å². The Hall–Kier alpha value is -1.06. The predicted octanol–water partition coefficient (Wildman–Crippen LogP) is 2.47. The molecule has 1 saturated heterocycles. The zero-order valence-corrected chi connectivity index (χ0v) is 11.9. The minimum absolute atomic E-state index is 0.199. The Kier molecular flexibility index (Phi) is 3.50. The smallest absolute Gasteiger partial charge is 0.226 e. The molecule has 2 fully saturated rings. The number of carbonyl (C=O) groups is 1. The second-order valence-electron chi connectivity index (χ2n) is 5.67. The second-order valence-corrected chi connectivity index (χ2v) is 6.10. The van der Waals surface area contributed by atoms with Gasteiger partial charge < -0.3 is 10.2 Å². The lowest BCUT2D eigenvalue weighted by atomic mass is 10.0. The molecule has 2 aliphatic rings. The SMILES string of the molecule is C[C@@H]1C[C@@H]1C(=O)N1CCN[C@H](c2cccc(Cl)c2)C1. The number of hydrogen-bond donors (Lipinski definition) is 1. The van der Waals surface area contributed by atoms with E-state index in [2.05, 4.69) is 18.3 Å². The van der Waals surface area contributed by atoms with Crippen molar-refractivity contribution in [2.24, 2.45) is 11.8 Å². The number of nitrogens with zero attached hydrogens (tertiary/aromatic N) is 1. The highest BCUT2D eigenvalue weighted by Gasteiger charge is 2.42. The van der Waals surface area contributed by atoms with Crippen molar-refractivity contribution in [1.82, 2.24) is 10.2 Å². The van der Waals surface area contributed by atoms with E-state index in [1.54, 1.807) is 0 Å². The Bertz CT molecular complexity index is 491. The Labute approximate surface area is 118 Å². The molecule has 0 unspecified atom stereocenters. The third kappa shape index (κ3) is 2.77. The van der Waals surface area contributed by atoms with E-state index >= 15 is 0 Å². The fourth-order valence-corrected chi connectivity index (χ4v) is 3.00. The highest BCUT2D eigenvalue weighted by atomic mass is 35.5. The molecule has 1 aromatic carbocycles. The van der Waals surface area contributed by atoms with Crippen LogP contribution in [0.2, 0.25) is 5.02 Å². The summed E-state index contributed by atoms with van der Waals surface area (Å²) in [5, 5.41) is 4.21. The summed E-state index contributed by atoms with van der Waals surface area (Å²) in [6, 6.07) is 8.08. The molecule has 1 aromatic rings. The van der Waals surface area contributed by atoms with E-state index < -0.39 is 0 Å². The number of nitrogens with one attached hydrogen (secondary N) is 1. The number of amides is 1. The zero-order chi connectivity index (χ0) is 13.4. The van der Waals surface area contributed by atoms with Crippen molar-refractivity contribution in [1.29, 1.82) is 0 Å². The molecule has 0 radical (unpaired) electrons. The van der Waals surface area contributed by atoms with Crippen LogP contribution in [0.1, 0.15) is 24.9 Å². The highest BCUT2D eigenvalue weighted by molar-refractivity contribution is 6.30. The summed E-state index contributed by atoms with van der Waals surface area (Å²) >= 11 is 6.03. The van der Waals surface area contributed by atoms with Gasteiger partial charge in [0.1, 0.15) is 0 Å². The topological polar surface area (TPSA) is 32.3 Å². The first-order valence-electron chi connectivity index (χ1n) is 6.93. The van der Waals surface area contributed by atoms with Gasteiger partial charge >= 0.3 is 0 Å². The lowest BCUT2D eigenvalue weighted by molar-refractivity contribution is -0.134. The number of hydrogen-bond acceptors (Lipinski definition) is 2. The second kappa shape index (κ2) is 5.14. The van der Waals surface area contributed by atoms with Crippen LogP contribution in [-0.2, 0) is 4.79 Å². The average Bonchev–Trinajstić information content (AvgIpc) is 3.15. The molecule has 1 aliphatic carbocycles. The third-order valence-electron chi connectivity index (χ3n) is 4.16. The van der Waals surface area contributed by atoms with Crippen molar-refractivity contribution in [2.45, 2.75) is 19.4 Å². The summed E-state index contributed by atoms with van der Waals surface area (Å²) in [6.07, 6.45) is 1.06. The van der Waals surface area contributed by atoms with Crippen LogP contribution < -0.4 is 5.32 Å². The van der Waals surface area contributed by atoms with Gasteiger partial charge in [0.25, 0.3) is 0 Å². The molecule has 1 amide bonds.